The van der Waals surface area contributed by atoms with Gasteiger partial charge in [0.2, 0.25) is 5.91 Å². The lowest BCUT2D eigenvalue weighted by atomic mass is 10.0. The zero-order chi connectivity index (χ0) is 22.9. The van der Waals surface area contributed by atoms with Crippen LogP contribution in [0.2, 0.25) is 0 Å². The van der Waals surface area contributed by atoms with Gasteiger partial charge in [-0.25, -0.2) is 0 Å². The molecule has 1 aromatic carbocycles. The number of nitrogens with zero attached hydrogens (tertiary/aromatic N) is 1. The van der Waals surface area contributed by atoms with Gasteiger partial charge in [0, 0.05) is 17.9 Å². The van der Waals surface area contributed by atoms with Crippen molar-refractivity contribution in [2.24, 2.45) is 0 Å². The monoisotopic (exact) mass is 460 g/mol. The molecule has 3 rings (SSSR count). The summed E-state index contributed by atoms with van der Waals surface area (Å²) in [6.45, 7) is 1.83. The van der Waals surface area contributed by atoms with Crippen LogP contribution in [0.4, 0.5) is 0 Å². The van der Waals surface area contributed by atoms with E-state index in [0.29, 0.717) is 18.6 Å². The number of aryl methyl sites for hydroxylation is 1. The molecule has 0 radical (unpaired) electrons. The maximum atomic E-state index is 13.2. The lowest BCUT2D eigenvalue weighted by molar-refractivity contribution is -0.148. The molecule has 0 aliphatic carbocycles. The second-order valence-corrected chi connectivity index (χ2v) is 8.78. The Morgan fingerprint density at radius 1 is 1.31 bits per heavy atom. The van der Waals surface area contributed by atoms with Crippen LogP contribution in [0.15, 0.2) is 53.3 Å². The van der Waals surface area contributed by atoms with Gasteiger partial charge in [0.05, 0.1) is 30.4 Å². The normalized spacial score (nSPS) is 19.9. The summed E-state index contributed by atoms with van der Waals surface area (Å²) < 4.78 is 10.4. The van der Waals surface area contributed by atoms with Gasteiger partial charge in [-0.1, -0.05) is 30.3 Å². The van der Waals surface area contributed by atoms with Gasteiger partial charge >= 0.3 is 11.9 Å². The number of carboxylic acid groups (broad SMARTS) is 1. The van der Waals surface area contributed by atoms with Crippen molar-refractivity contribution in [3.05, 3.63) is 60.1 Å². The summed E-state index contributed by atoms with van der Waals surface area (Å²) in [4.78, 5) is 38.5. The molecule has 1 aliphatic heterocycles. The number of ether oxygens (including phenoxy) is 1. The summed E-state index contributed by atoms with van der Waals surface area (Å²) >= 11 is 1.54. The Morgan fingerprint density at radius 3 is 2.75 bits per heavy atom. The molecular formula is C23H28N2O6S. The number of aliphatic carboxylic acids is 1. The van der Waals surface area contributed by atoms with Gasteiger partial charge in [0.1, 0.15) is 12.6 Å². The fraction of sp³-hybridized carbons (Fsp3) is 0.435. The highest BCUT2D eigenvalue weighted by Crippen LogP contribution is 2.33. The average Bonchev–Trinajstić information content (AvgIpc) is 3.27. The van der Waals surface area contributed by atoms with Crippen molar-refractivity contribution in [2.75, 3.05) is 25.4 Å². The molecule has 2 heterocycles. The fourth-order valence-corrected chi connectivity index (χ4v) is 4.92. The third kappa shape index (κ3) is 6.61. The van der Waals surface area contributed by atoms with Crippen LogP contribution in [0.25, 0.3) is 0 Å². The summed E-state index contributed by atoms with van der Waals surface area (Å²) in [5.41, 5.74) is 1.97. The van der Waals surface area contributed by atoms with Crippen LogP contribution in [0.1, 0.15) is 29.7 Å². The molecule has 3 atom stereocenters. The summed E-state index contributed by atoms with van der Waals surface area (Å²) in [7, 11) is 0. The van der Waals surface area contributed by atoms with Crippen molar-refractivity contribution in [3.63, 3.8) is 0 Å². The van der Waals surface area contributed by atoms with Crippen molar-refractivity contribution < 1.29 is 28.6 Å². The smallest absolute Gasteiger partial charge is 0.323 e. The molecule has 2 aromatic rings. The van der Waals surface area contributed by atoms with Crippen molar-refractivity contribution in [3.8, 4) is 0 Å². The van der Waals surface area contributed by atoms with Crippen molar-refractivity contribution in [2.45, 2.75) is 37.1 Å². The lowest BCUT2D eigenvalue weighted by Crippen LogP contribution is -2.53. The van der Waals surface area contributed by atoms with Crippen LogP contribution in [0, 0.1) is 0 Å². The first-order valence-electron chi connectivity index (χ1n) is 10.6. The number of furan rings is 1. The van der Waals surface area contributed by atoms with E-state index in [2.05, 4.69) is 5.32 Å². The van der Waals surface area contributed by atoms with Gasteiger partial charge in [-0.05, 0) is 31.4 Å². The van der Waals surface area contributed by atoms with Crippen LogP contribution in [-0.4, -0.2) is 65.4 Å². The maximum absolute atomic E-state index is 13.2. The number of nitrogens with one attached hydrogen (secondary N) is 1. The highest BCUT2D eigenvalue weighted by atomic mass is 32.2. The van der Waals surface area contributed by atoms with E-state index in [4.69, 9.17) is 9.15 Å². The first-order valence-corrected chi connectivity index (χ1v) is 11.6. The minimum Gasteiger partial charge on any atom is -0.480 e. The Morgan fingerprint density at radius 2 is 2.09 bits per heavy atom. The number of carbonyl (C=O) groups excluding carboxylic acids is 2. The van der Waals surface area contributed by atoms with Gasteiger partial charge in [-0.2, -0.15) is 0 Å². The SMILES string of the molecule is CCOC(=O)C(CCc1ccccc1)NC1CSC(c2ccoc2)CN(CC(=O)O)C1=O. The Balaban J connectivity index is 1.75. The number of hydrogen-bond acceptors (Lipinski definition) is 7. The molecule has 9 heteroatoms. The summed E-state index contributed by atoms with van der Waals surface area (Å²) in [6.07, 6.45) is 4.26. The number of hydrogen-bond donors (Lipinski definition) is 2. The quantitative estimate of drug-likeness (QED) is 0.521. The Bertz CT molecular complexity index is 889. The third-order valence-electron chi connectivity index (χ3n) is 5.24. The topological polar surface area (TPSA) is 109 Å². The van der Waals surface area contributed by atoms with Gasteiger partial charge in [0.15, 0.2) is 0 Å². The molecule has 0 saturated carbocycles. The molecule has 1 aliphatic rings. The Hall–Kier alpha value is -2.78. The fourth-order valence-electron chi connectivity index (χ4n) is 3.64. The number of amides is 1. The molecule has 0 spiro atoms. The number of carboxylic acids is 1. The van der Waals surface area contributed by atoms with Crippen LogP contribution in [-0.2, 0) is 25.5 Å². The predicted octanol–water partition coefficient (Wildman–Crippen LogP) is 2.50. The van der Waals surface area contributed by atoms with E-state index >= 15 is 0 Å². The van der Waals surface area contributed by atoms with E-state index in [1.54, 1.807) is 19.5 Å². The highest BCUT2D eigenvalue weighted by molar-refractivity contribution is 7.99. The number of benzene rings is 1. The number of rotatable bonds is 10. The van der Waals surface area contributed by atoms with Gasteiger partial charge in [-0.3, -0.25) is 19.7 Å². The molecule has 32 heavy (non-hydrogen) atoms. The first-order chi connectivity index (χ1) is 15.5. The van der Waals surface area contributed by atoms with E-state index in [0.717, 1.165) is 11.1 Å². The van der Waals surface area contributed by atoms with E-state index in [1.807, 2.05) is 36.4 Å². The minimum absolute atomic E-state index is 0.116. The predicted molar refractivity (Wildman–Crippen MR) is 120 cm³/mol. The van der Waals surface area contributed by atoms with Gasteiger partial charge < -0.3 is 19.2 Å². The molecule has 0 bridgehead atoms. The van der Waals surface area contributed by atoms with Crippen molar-refractivity contribution >= 4 is 29.6 Å². The number of esters is 1. The second-order valence-electron chi connectivity index (χ2n) is 7.54. The first kappa shape index (κ1) is 23.9. The highest BCUT2D eigenvalue weighted by Gasteiger charge is 2.36. The molecular weight excluding hydrogens is 432 g/mol. The summed E-state index contributed by atoms with van der Waals surface area (Å²) in [5, 5.41) is 12.4. The summed E-state index contributed by atoms with van der Waals surface area (Å²) in [5.74, 6) is -1.44. The molecule has 8 nitrogen and oxygen atoms in total. The van der Waals surface area contributed by atoms with Crippen molar-refractivity contribution in [1.29, 1.82) is 0 Å². The van der Waals surface area contributed by atoms with Crippen LogP contribution in [0.5, 0.6) is 0 Å². The van der Waals surface area contributed by atoms with Crippen molar-refractivity contribution in [1.82, 2.24) is 10.2 Å². The number of thioether (sulfide) groups is 1. The van der Waals surface area contributed by atoms with Crippen LogP contribution >= 0.6 is 11.8 Å². The maximum Gasteiger partial charge on any atom is 0.323 e. The van der Waals surface area contributed by atoms with E-state index in [1.165, 1.54) is 16.7 Å². The molecule has 1 aromatic heterocycles. The average molecular weight is 461 g/mol. The van der Waals surface area contributed by atoms with E-state index < -0.39 is 30.6 Å². The molecule has 1 saturated heterocycles. The molecule has 172 valence electrons. The Kier molecular flexibility index (Phi) is 8.75. The van der Waals surface area contributed by atoms with E-state index in [-0.39, 0.29) is 24.3 Å². The molecule has 2 N–H and O–H groups in total. The van der Waals surface area contributed by atoms with Crippen LogP contribution in [0.3, 0.4) is 0 Å². The largest absolute Gasteiger partial charge is 0.480 e. The number of carbonyl (C=O) groups is 3. The molecule has 3 unspecified atom stereocenters. The van der Waals surface area contributed by atoms with Gasteiger partial charge in [-0.15, -0.1) is 11.8 Å². The molecule has 1 fully saturated rings. The zero-order valence-corrected chi connectivity index (χ0v) is 18.8. The summed E-state index contributed by atoms with van der Waals surface area (Å²) in [6, 6.07) is 10.2. The Labute approximate surface area is 191 Å². The van der Waals surface area contributed by atoms with E-state index in [9.17, 15) is 19.5 Å². The van der Waals surface area contributed by atoms with Gasteiger partial charge in [0.25, 0.3) is 0 Å². The lowest BCUT2D eigenvalue weighted by Gasteiger charge is -2.26. The third-order valence-corrected chi connectivity index (χ3v) is 6.59. The minimum atomic E-state index is -1.08. The zero-order valence-electron chi connectivity index (χ0n) is 17.9. The van der Waals surface area contributed by atoms with Crippen LogP contribution < -0.4 is 5.32 Å². The standard InChI is InChI=1S/C23H28N2O6S/c1-2-31-23(29)18(9-8-16-6-4-3-5-7-16)24-19-15-32-20(17-10-11-30-14-17)12-25(22(19)28)13-21(26)27/h3-7,10-11,14,18-20,24H,2,8-9,12-13,15H2,1H3,(H,26,27). The second kappa shape index (κ2) is 11.7. The molecule has 1 amide bonds.